The van der Waals surface area contributed by atoms with Crippen molar-refractivity contribution in [3.63, 3.8) is 0 Å². The van der Waals surface area contributed by atoms with Crippen LogP contribution in [0.4, 0.5) is 4.39 Å². The molecule has 0 spiro atoms. The minimum absolute atomic E-state index is 0.0951. The molecule has 156 valence electrons. The Balaban J connectivity index is 1.73. The van der Waals surface area contributed by atoms with Crippen molar-refractivity contribution < 1.29 is 23.2 Å². The zero-order chi connectivity index (χ0) is 20.9. The summed E-state index contributed by atoms with van der Waals surface area (Å²) in [5.74, 6) is 0.143. The van der Waals surface area contributed by atoms with Crippen molar-refractivity contribution in [2.24, 2.45) is 11.1 Å². The summed E-state index contributed by atoms with van der Waals surface area (Å²) in [5, 5.41) is 3.90. The Kier molecular flexibility index (Phi) is 6.51. The normalized spacial score (nSPS) is 19.2. The van der Waals surface area contributed by atoms with Crippen LogP contribution in [0, 0.1) is 11.2 Å². The van der Waals surface area contributed by atoms with Gasteiger partial charge in [0, 0.05) is 37.4 Å². The third-order valence-corrected chi connectivity index (χ3v) is 5.13. The average Bonchev–Trinajstić information content (AvgIpc) is 3.15. The predicted octanol–water partition coefficient (Wildman–Crippen LogP) is 2.94. The van der Waals surface area contributed by atoms with E-state index in [4.69, 9.17) is 15.0 Å². The van der Waals surface area contributed by atoms with Crippen molar-refractivity contribution in [3.05, 3.63) is 47.6 Å². The van der Waals surface area contributed by atoms with Gasteiger partial charge in [0.1, 0.15) is 17.3 Å². The lowest BCUT2D eigenvalue weighted by molar-refractivity contribution is -0.122. The van der Waals surface area contributed by atoms with Gasteiger partial charge in [-0.1, -0.05) is 12.1 Å². The molecule has 2 heterocycles. The van der Waals surface area contributed by atoms with Gasteiger partial charge in [0.25, 0.3) is 5.91 Å². The lowest BCUT2D eigenvalue weighted by Gasteiger charge is -2.41. The van der Waals surface area contributed by atoms with E-state index in [1.807, 2.05) is 6.92 Å². The van der Waals surface area contributed by atoms with Crippen molar-refractivity contribution in [1.82, 2.24) is 10.1 Å². The Morgan fingerprint density at radius 2 is 2.10 bits per heavy atom. The fraction of sp³-hybridized carbons (Fsp3) is 0.476. The Morgan fingerprint density at radius 3 is 2.79 bits per heavy atom. The van der Waals surface area contributed by atoms with Crippen LogP contribution in [0.3, 0.4) is 0 Å². The van der Waals surface area contributed by atoms with E-state index >= 15 is 0 Å². The molecular formula is C21H26FN3O4. The maximum Gasteiger partial charge on any atom is 0.276 e. The number of piperidine rings is 1. The van der Waals surface area contributed by atoms with Gasteiger partial charge >= 0.3 is 0 Å². The first kappa shape index (κ1) is 20.8. The Hall–Kier alpha value is -2.90. The number of hydrogen-bond acceptors (Lipinski definition) is 5. The van der Waals surface area contributed by atoms with E-state index in [9.17, 15) is 14.0 Å². The van der Waals surface area contributed by atoms with Gasteiger partial charge < -0.3 is 19.9 Å². The third-order valence-electron chi connectivity index (χ3n) is 5.13. The highest BCUT2D eigenvalue weighted by molar-refractivity contribution is 5.92. The Bertz CT molecular complexity index is 852. The van der Waals surface area contributed by atoms with Crippen molar-refractivity contribution in [1.29, 1.82) is 0 Å². The molecule has 29 heavy (non-hydrogen) atoms. The van der Waals surface area contributed by atoms with Gasteiger partial charge in [-0.3, -0.25) is 9.59 Å². The summed E-state index contributed by atoms with van der Waals surface area (Å²) in [7, 11) is 0. The number of benzene rings is 1. The Morgan fingerprint density at radius 1 is 1.34 bits per heavy atom. The average molecular weight is 403 g/mol. The van der Waals surface area contributed by atoms with Crippen molar-refractivity contribution >= 4 is 11.8 Å². The van der Waals surface area contributed by atoms with Crippen LogP contribution in [-0.2, 0) is 11.2 Å². The summed E-state index contributed by atoms with van der Waals surface area (Å²) in [6.45, 7) is 3.11. The van der Waals surface area contributed by atoms with Crippen LogP contribution in [0.15, 0.2) is 34.9 Å². The van der Waals surface area contributed by atoms with Crippen molar-refractivity contribution in [2.45, 2.75) is 39.0 Å². The highest BCUT2D eigenvalue weighted by Gasteiger charge is 2.40. The first-order chi connectivity index (χ1) is 13.9. The summed E-state index contributed by atoms with van der Waals surface area (Å²) < 4.78 is 24.2. The Labute approximate surface area is 169 Å². The third kappa shape index (κ3) is 5.34. The monoisotopic (exact) mass is 403 g/mol. The van der Waals surface area contributed by atoms with Crippen molar-refractivity contribution in [2.75, 3.05) is 19.7 Å². The van der Waals surface area contributed by atoms with E-state index in [1.165, 1.54) is 24.3 Å². The minimum atomic E-state index is -0.607. The van der Waals surface area contributed by atoms with E-state index < -0.39 is 11.3 Å². The maximum absolute atomic E-state index is 13.1. The highest BCUT2D eigenvalue weighted by atomic mass is 19.1. The van der Waals surface area contributed by atoms with Crippen LogP contribution in [0.2, 0.25) is 0 Å². The minimum Gasteiger partial charge on any atom is -0.493 e. The zero-order valence-electron chi connectivity index (χ0n) is 16.5. The largest absolute Gasteiger partial charge is 0.493 e. The van der Waals surface area contributed by atoms with Crippen LogP contribution in [0.5, 0.6) is 5.75 Å². The lowest BCUT2D eigenvalue weighted by Crippen LogP contribution is -2.50. The standard InChI is InChI=1S/C21H26FN3O4/c1-2-4-17-11-18(24-29-17)20(27)25-10-3-9-21(13-25,12-19(23)26)14-28-16-7-5-15(22)6-8-16/h5-8,11H,2-4,9-10,12-14H2,1H3,(H2,23,26)/t21-/m1/s1. The second-order valence-electron chi connectivity index (χ2n) is 7.64. The fourth-order valence-electron chi connectivity index (χ4n) is 3.77. The van der Waals surface area contributed by atoms with E-state index in [-0.39, 0.29) is 30.4 Å². The number of nitrogens with zero attached hydrogens (tertiary/aromatic N) is 2. The number of carbonyl (C=O) groups is 2. The number of hydrogen-bond donors (Lipinski definition) is 1. The van der Waals surface area contributed by atoms with Gasteiger partial charge in [0.05, 0.1) is 6.61 Å². The number of aryl methyl sites for hydroxylation is 1. The molecule has 7 nitrogen and oxygen atoms in total. The first-order valence-corrected chi connectivity index (χ1v) is 9.82. The summed E-state index contributed by atoms with van der Waals surface area (Å²) in [4.78, 5) is 26.3. The number of halogens is 1. The highest BCUT2D eigenvalue weighted by Crippen LogP contribution is 2.35. The maximum atomic E-state index is 13.1. The second kappa shape index (κ2) is 9.07. The van der Waals surface area contributed by atoms with Crippen LogP contribution in [0.1, 0.15) is 48.9 Å². The molecule has 2 N–H and O–H groups in total. The molecule has 1 aromatic heterocycles. The van der Waals surface area contributed by atoms with E-state index in [0.717, 1.165) is 12.8 Å². The van der Waals surface area contributed by atoms with Gasteiger partial charge in [-0.15, -0.1) is 0 Å². The zero-order valence-corrected chi connectivity index (χ0v) is 16.5. The molecule has 3 rings (SSSR count). The molecule has 2 aromatic rings. The van der Waals surface area contributed by atoms with E-state index in [0.29, 0.717) is 37.4 Å². The molecule has 1 aromatic carbocycles. The van der Waals surface area contributed by atoms with Crippen molar-refractivity contribution in [3.8, 4) is 5.75 Å². The van der Waals surface area contributed by atoms with Gasteiger partial charge in [-0.05, 0) is 43.5 Å². The first-order valence-electron chi connectivity index (χ1n) is 9.82. The molecular weight excluding hydrogens is 377 g/mol. The van der Waals surface area contributed by atoms with Crippen LogP contribution in [-0.4, -0.2) is 41.6 Å². The predicted molar refractivity (Wildman–Crippen MR) is 104 cm³/mol. The van der Waals surface area contributed by atoms with Gasteiger partial charge in [0.15, 0.2) is 5.69 Å². The van der Waals surface area contributed by atoms with Crippen LogP contribution >= 0.6 is 0 Å². The second-order valence-corrected chi connectivity index (χ2v) is 7.64. The number of aromatic nitrogens is 1. The molecule has 1 aliphatic heterocycles. The number of ether oxygens (including phenoxy) is 1. The van der Waals surface area contributed by atoms with Gasteiger partial charge in [0.2, 0.25) is 5.91 Å². The number of likely N-dealkylation sites (tertiary alicyclic amines) is 1. The molecule has 0 radical (unpaired) electrons. The van der Waals surface area contributed by atoms with Gasteiger partial charge in [-0.2, -0.15) is 0 Å². The quantitative estimate of drug-likeness (QED) is 0.731. The molecule has 0 bridgehead atoms. The topological polar surface area (TPSA) is 98.7 Å². The fourth-order valence-corrected chi connectivity index (χ4v) is 3.77. The number of nitrogens with two attached hydrogens (primary N) is 1. The van der Waals surface area contributed by atoms with E-state index in [2.05, 4.69) is 5.16 Å². The molecule has 1 aliphatic rings. The SMILES string of the molecule is CCCc1cc(C(=O)N2CCC[C@@](COc3ccc(F)cc3)(CC(N)=O)C2)no1. The molecule has 2 amide bonds. The number of carbonyl (C=O) groups excluding carboxylic acids is 2. The molecule has 8 heteroatoms. The summed E-state index contributed by atoms with van der Waals surface area (Å²) >= 11 is 0. The summed E-state index contributed by atoms with van der Waals surface area (Å²) in [6, 6.07) is 7.36. The summed E-state index contributed by atoms with van der Waals surface area (Å²) in [5.41, 5.74) is 5.15. The molecule has 1 atom stereocenters. The molecule has 0 saturated carbocycles. The van der Waals surface area contributed by atoms with E-state index in [1.54, 1.807) is 11.0 Å². The summed E-state index contributed by atoms with van der Waals surface area (Å²) in [6.07, 6.45) is 3.12. The number of rotatable bonds is 8. The number of amides is 2. The molecule has 0 unspecified atom stereocenters. The van der Waals surface area contributed by atoms with Crippen LogP contribution in [0.25, 0.3) is 0 Å². The van der Waals surface area contributed by atoms with Crippen LogP contribution < -0.4 is 10.5 Å². The van der Waals surface area contributed by atoms with Gasteiger partial charge in [-0.25, -0.2) is 4.39 Å². The molecule has 0 aliphatic carbocycles. The molecule has 1 saturated heterocycles. The smallest absolute Gasteiger partial charge is 0.276 e. The number of primary amides is 1. The lowest BCUT2D eigenvalue weighted by atomic mass is 9.77. The molecule has 1 fully saturated rings.